The highest BCUT2D eigenvalue weighted by molar-refractivity contribution is 7.92. The zero-order valence-electron chi connectivity index (χ0n) is 23.7. The summed E-state index contributed by atoms with van der Waals surface area (Å²) in [6.07, 6.45) is 1.07. The Balaban J connectivity index is 2.05. The van der Waals surface area contributed by atoms with E-state index in [1.165, 1.54) is 37.3 Å². The molecule has 0 radical (unpaired) electrons. The highest BCUT2D eigenvalue weighted by Crippen LogP contribution is 2.32. The Hall–Kier alpha value is -3.76. The number of benzene rings is 3. The molecule has 0 aromatic heterocycles. The Morgan fingerprint density at radius 1 is 0.927 bits per heavy atom. The van der Waals surface area contributed by atoms with E-state index in [9.17, 15) is 18.0 Å². The predicted octanol–water partition coefficient (Wildman–Crippen LogP) is 4.89. The largest absolute Gasteiger partial charge is 0.493 e. The van der Waals surface area contributed by atoms with Gasteiger partial charge in [0.2, 0.25) is 11.8 Å². The first-order chi connectivity index (χ1) is 19.7. The Morgan fingerprint density at radius 3 is 2.17 bits per heavy atom. The molecule has 220 valence electrons. The Bertz CT molecular complexity index is 1420. The normalized spacial score (nSPS) is 11.8. The Morgan fingerprint density at radius 2 is 1.59 bits per heavy atom. The molecule has 2 amide bonds. The predicted molar refractivity (Wildman–Crippen MR) is 160 cm³/mol. The van der Waals surface area contributed by atoms with Crippen molar-refractivity contribution < 1.29 is 27.5 Å². The van der Waals surface area contributed by atoms with Gasteiger partial charge in [0.05, 0.1) is 24.8 Å². The van der Waals surface area contributed by atoms with Crippen molar-refractivity contribution in [3.63, 3.8) is 0 Å². The SMILES string of the molecule is CCCNC(=O)[C@H](CC)N(Cc1ccc(Cl)cc1)C(=O)CN(c1ccccc1)S(=O)(=O)c1ccc(OC)c(OC)c1. The summed E-state index contributed by atoms with van der Waals surface area (Å²) in [7, 11) is -1.39. The molecule has 41 heavy (non-hydrogen) atoms. The number of nitrogens with one attached hydrogen (secondary N) is 1. The molecule has 3 aromatic rings. The summed E-state index contributed by atoms with van der Waals surface area (Å²) >= 11 is 6.06. The lowest BCUT2D eigenvalue weighted by molar-refractivity contribution is -0.140. The van der Waals surface area contributed by atoms with E-state index in [1.54, 1.807) is 54.6 Å². The molecule has 0 heterocycles. The van der Waals surface area contributed by atoms with Gasteiger partial charge in [0.25, 0.3) is 10.0 Å². The molecule has 0 aliphatic rings. The van der Waals surface area contributed by atoms with Crippen molar-refractivity contribution in [3.05, 3.63) is 83.4 Å². The third-order valence-corrected chi connectivity index (χ3v) is 8.49. The van der Waals surface area contributed by atoms with Crippen molar-refractivity contribution in [1.82, 2.24) is 10.2 Å². The summed E-state index contributed by atoms with van der Waals surface area (Å²) in [6.45, 7) is 3.77. The highest BCUT2D eigenvalue weighted by Gasteiger charge is 2.34. The van der Waals surface area contributed by atoms with Gasteiger partial charge >= 0.3 is 0 Å². The zero-order chi connectivity index (χ0) is 30.0. The van der Waals surface area contributed by atoms with Gasteiger partial charge in [0.15, 0.2) is 11.5 Å². The summed E-state index contributed by atoms with van der Waals surface area (Å²) in [5.41, 5.74) is 1.05. The zero-order valence-corrected chi connectivity index (χ0v) is 25.2. The smallest absolute Gasteiger partial charge is 0.264 e. The van der Waals surface area contributed by atoms with Crippen LogP contribution in [0.4, 0.5) is 5.69 Å². The topological polar surface area (TPSA) is 105 Å². The van der Waals surface area contributed by atoms with Crippen molar-refractivity contribution in [2.45, 2.75) is 44.2 Å². The third kappa shape index (κ3) is 7.92. The van der Waals surface area contributed by atoms with Crippen LogP contribution in [0.5, 0.6) is 11.5 Å². The molecule has 11 heteroatoms. The number of nitrogens with zero attached hydrogens (tertiary/aromatic N) is 2. The number of carbonyl (C=O) groups excluding carboxylic acids is 2. The van der Waals surface area contributed by atoms with E-state index in [1.807, 2.05) is 13.8 Å². The van der Waals surface area contributed by atoms with Gasteiger partial charge in [-0.1, -0.05) is 55.8 Å². The Labute approximate surface area is 247 Å². The molecule has 0 saturated heterocycles. The number of methoxy groups -OCH3 is 2. The molecule has 9 nitrogen and oxygen atoms in total. The molecule has 0 aliphatic carbocycles. The standard InChI is InChI=1S/C30H36ClN3O6S/c1-5-18-32-30(36)26(6-2)33(20-22-12-14-23(31)15-13-22)29(35)21-34(24-10-8-7-9-11-24)41(37,38)25-16-17-27(39-3)28(19-25)40-4/h7-17,19,26H,5-6,18,20-21H2,1-4H3,(H,32,36)/t26-/m0/s1. The fourth-order valence-electron chi connectivity index (χ4n) is 4.30. The summed E-state index contributed by atoms with van der Waals surface area (Å²) in [5, 5.41) is 3.40. The third-order valence-electron chi connectivity index (χ3n) is 6.47. The number of anilines is 1. The molecule has 1 N–H and O–H groups in total. The second kappa shape index (κ2) is 14.7. The number of amides is 2. The van der Waals surface area contributed by atoms with Crippen LogP contribution in [0.2, 0.25) is 5.02 Å². The molecule has 3 aromatic carbocycles. The summed E-state index contributed by atoms with van der Waals surface area (Å²) < 4.78 is 39.7. The lowest BCUT2D eigenvalue weighted by Gasteiger charge is -2.33. The molecule has 0 aliphatic heterocycles. The first-order valence-electron chi connectivity index (χ1n) is 13.3. The number of carbonyl (C=O) groups is 2. The molecule has 0 bridgehead atoms. The number of sulfonamides is 1. The van der Waals surface area contributed by atoms with Crippen LogP contribution >= 0.6 is 11.6 Å². The number of rotatable bonds is 14. The second-order valence-electron chi connectivity index (χ2n) is 9.23. The van der Waals surface area contributed by atoms with Crippen LogP contribution < -0.4 is 19.1 Å². The van der Waals surface area contributed by atoms with Crippen LogP contribution in [0.1, 0.15) is 32.3 Å². The van der Waals surface area contributed by atoms with Crippen LogP contribution in [-0.4, -0.2) is 58.5 Å². The number of ether oxygens (including phenoxy) is 2. The monoisotopic (exact) mass is 601 g/mol. The second-order valence-corrected chi connectivity index (χ2v) is 11.5. The van der Waals surface area contributed by atoms with E-state index in [0.717, 1.165) is 16.3 Å². The average molecular weight is 602 g/mol. The summed E-state index contributed by atoms with van der Waals surface area (Å²) in [5.74, 6) is -0.236. The Kier molecular flexibility index (Phi) is 11.4. The van der Waals surface area contributed by atoms with E-state index >= 15 is 0 Å². The average Bonchev–Trinajstić information content (AvgIpc) is 2.99. The van der Waals surface area contributed by atoms with Crippen molar-refractivity contribution in [3.8, 4) is 11.5 Å². The first-order valence-corrected chi connectivity index (χ1v) is 15.1. The number of hydrogen-bond donors (Lipinski definition) is 1. The van der Waals surface area contributed by atoms with Crippen LogP contribution in [0.15, 0.2) is 77.7 Å². The minimum absolute atomic E-state index is 0.0798. The molecule has 0 saturated carbocycles. The van der Waals surface area contributed by atoms with Gasteiger partial charge < -0.3 is 19.7 Å². The molecule has 0 fully saturated rings. The van der Waals surface area contributed by atoms with Gasteiger partial charge in [-0.05, 0) is 54.8 Å². The minimum atomic E-state index is -4.25. The summed E-state index contributed by atoms with van der Waals surface area (Å²) in [6, 6.07) is 18.7. The molecular weight excluding hydrogens is 566 g/mol. The van der Waals surface area contributed by atoms with Crippen molar-refractivity contribution >= 4 is 39.1 Å². The van der Waals surface area contributed by atoms with E-state index in [-0.39, 0.29) is 23.1 Å². The van der Waals surface area contributed by atoms with E-state index in [0.29, 0.717) is 29.4 Å². The van der Waals surface area contributed by atoms with Crippen molar-refractivity contribution in [1.29, 1.82) is 0 Å². The van der Waals surface area contributed by atoms with Gasteiger partial charge in [-0.25, -0.2) is 8.42 Å². The maximum Gasteiger partial charge on any atom is 0.264 e. The van der Waals surface area contributed by atoms with Crippen LogP contribution in [-0.2, 0) is 26.2 Å². The molecule has 0 unspecified atom stereocenters. The lowest BCUT2D eigenvalue weighted by Crippen LogP contribution is -2.52. The molecular formula is C30H36ClN3O6S. The van der Waals surface area contributed by atoms with E-state index in [2.05, 4.69) is 5.32 Å². The van der Waals surface area contributed by atoms with Gasteiger partial charge in [-0.15, -0.1) is 0 Å². The quantitative estimate of drug-likeness (QED) is 0.282. The molecule has 3 rings (SSSR count). The van der Waals surface area contributed by atoms with Gasteiger partial charge in [0.1, 0.15) is 12.6 Å². The van der Waals surface area contributed by atoms with Gasteiger partial charge in [-0.2, -0.15) is 0 Å². The number of para-hydroxylation sites is 1. The van der Waals surface area contributed by atoms with Gasteiger partial charge in [0, 0.05) is 24.2 Å². The van der Waals surface area contributed by atoms with Crippen molar-refractivity contribution in [2.75, 3.05) is 31.6 Å². The van der Waals surface area contributed by atoms with Gasteiger partial charge in [-0.3, -0.25) is 13.9 Å². The van der Waals surface area contributed by atoms with E-state index in [4.69, 9.17) is 21.1 Å². The fourth-order valence-corrected chi connectivity index (χ4v) is 5.86. The minimum Gasteiger partial charge on any atom is -0.493 e. The lowest BCUT2D eigenvalue weighted by atomic mass is 10.1. The maximum atomic E-state index is 14.0. The van der Waals surface area contributed by atoms with Crippen LogP contribution in [0.25, 0.3) is 0 Å². The van der Waals surface area contributed by atoms with E-state index < -0.39 is 28.5 Å². The molecule has 0 spiro atoms. The fraction of sp³-hybridized carbons (Fsp3) is 0.333. The van der Waals surface area contributed by atoms with Crippen molar-refractivity contribution in [2.24, 2.45) is 0 Å². The van der Waals surface area contributed by atoms with Crippen LogP contribution in [0.3, 0.4) is 0 Å². The highest BCUT2D eigenvalue weighted by atomic mass is 35.5. The summed E-state index contributed by atoms with van der Waals surface area (Å²) in [4.78, 5) is 28.5. The molecule has 1 atom stereocenters. The van der Waals surface area contributed by atoms with Crippen LogP contribution in [0, 0.1) is 0 Å². The number of halogens is 1. The number of hydrogen-bond acceptors (Lipinski definition) is 6. The first kappa shape index (κ1) is 31.8. The maximum absolute atomic E-state index is 14.0.